The molecule has 218 valence electrons. The van der Waals surface area contributed by atoms with Gasteiger partial charge in [-0.15, -0.1) is 0 Å². The second kappa shape index (κ2) is 8.75. The lowest BCUT2D eigenvalue weighted by atomic mass is 9.81. The van der Waals surface area contributed by atoms with Crippen LogP contribution in [0.15, 0.2) is 146 Å². The first-order valence-corrected chi connectivity index (χ1v) is 16.7. The molecule has 0 heteroatoms. The maximum absolute atomic E-state index is 2.45. The molecule has 0 unspecified atom stereocenters. The van der Waals surface area contributed by atoms with Crippen LogP contribution >= 0.6 is 0 Å². The van der Waals surface area contributed by atoms with Crippen molar-refractivity contribution in [3.8, 4) is 33.4 Å². The fourth-order valence-corrected chi connectivity index (χ4v) is 8.95. The smallest absolute Gasteiger partial charge is 0.0159 e. The van der Waals surface area contributed by atoms with Gasteiger partial charge in [-0.3, -0.25) is 0 Å². The largest absolute Gasteiger partial charge is 0.0610 e. The van der Waals surface area contributed by atoms with Crippen molar-refractivity contribution in [3.63, 3.8) is 0 Å². The molecule has 0 aromatic heterocycles. The zero-order valence-corrected chi connectivity index (χ0v) is 26.4. The Labute approximate surface area is 273 Å². The molecule has 10 aromatic rings. The third-order valence-corrected chi connectivity index (χ3v) is 11.3. The summed E-state index contributed by atoms with van der Waals surface area (Å²) in [6.45, 7) is 4.77. The number of hydrogen-bond acceptors (Lipinski definition) is 0. The molecule has 1 aliphatic carbocycles. The molecule has 10 aromatic carbocycles. The quantitative estimate of drug-likeness (QED) is 0.175. The van der Waals surface area contributed by atoms with Crippen LogP contribution in [0.25, 0.3) is 98.0 Å². The van der Waals surface area contributed by atoms with Gasteiger partial charge in [0.25, 0.3) is 0 Å². The van der Waals surface area contributed by atoms with E-state index in [-0.39, 0.29) is 5.41 Å². The summed E-state index contributed by atoms with van der Waals surface area (Å²) in [4.78, 5) is 0. The van der Waals surface area contributed by atoms with E-state index in [4.69, 9.17) is 0 Å². The molecule has 0 saturated heterocycles. The van der Waals surface area contributed by atoms with E-state index in [9.17, 15) is 0 Å². The van der Waals surface area contributed by atoms with Gasteiger partial charge in [-0.2, -0.15) is 0 Å². The van der Waals surface area contributed by atoms with E-state index in [0.29, 0.717) is 0 Å². The molecular formula is C47H30. The van der Waals surface area contributed by atoms with E-state index >= 15 is 0 Å². The van der Waals surface area contributed by atoms with Crippen LogP contribution in [0.4, 0.5) is 0 Å². The lowest BCUT2D eigenvalue weighted by Crippen LogP contribution is -2.15. The van der Waals surface area contributed by atoms with Gasteiger partial charge >= 0.3 is 0 Å². The van der Waals surface area contributed by atoms with Crippen molar-refractivity contribution in [2.45, 2.75) is 19.3 Å². The second-order valence-electron chi connectivity index (χ2n) is 14.2. The van der Waals surface area contributed by atoms with Crippen molar-refractivity contribution in [2.75, 3.05) is 0 Å². The predicted molar refractivity (Wildman–Crippen MR) is 202 cm³/mol. The molecule has 0 heterocycles. The summed E-state index contributed by atoms with van der Waals surface area (Å²) in [6.07, 6.45) is 0. The molecule has 0 saturated carbocycles. The van der Waals surface area contributed by atoms with Gasteiger partial charge in [-0.1, -0.05) is 123 Å². The summed E-state index contributed by atoms with van der Waals surface area (Å²) in [7, 11) is 0. The van der Waals surface area contributed by atoms with E-state index in [1.54, 1.807) is 0 Å². The van der Waals surface area contributed by atoms with Gasteiger partial charge in [0.05, 0.1) is 0 Å². The summed E-state index contributed by atoms with van der Waals surface area (Å²) in [6, 6.07) is 55.3. The highest BCUT2D eigenvalue weighted by Gasteiger charge is 2.36. The van der Waals surface area contributed by atoms with Gasteiger partial charge in [0.1, 0.15) is 0 Å². The molecule has 0 N–H and O–H groups in total. The summed E-state index contributed by atoms with van der Waals surface area (Å²) >= 11 is 0. The Kier molecular flexibility index (Phi) is 4.74. The molecule has 1 aliphatic rings. The van der Waals surface area contributed by atoms with Crippen LogP contribution in [-0.4, -0.2) is 0 Å². The standard InChI is InChI=1S/C47H30/c1-47(2)41-20-18-31(37-21-33-13-9-27-5-3-6-28-10-14-34(22-37)45(33)43(27)28)25-40(41)39-19-17-32(26-42(39)47)38-23-35-15-11-29-7-4-8-30-12-16-36(24-38)46(35)44(29)30/h3-26H,1-2H3. The Morgan fingerprint density at radius 1 is 0.298 bits per heavy atom. The monoisotopic (exact) mass is 594 g/mol. The van der Waals surface area contributed by atoms with Gasteiger partial charge in [0.15, 0.2) is 0 Å². The van der Waals surface area contributed by atoms with Gasteiger partial charge in [0, 0.05) is 5.41 Å². The predicted octanol–water partition coefficient (Wildman–Crippen LogP) is 13.1. The highest BCUT2D eigenvalue weighted by molar-refractivity contribution is 6.25. The zero-order chi connectivity index (χ0) is 31.0. The Morgan fingerprint density at radius 2 is 0.702 bits per heavy atom. The maximum atomic E-state index is 2.45. The number of hydrogen-bond donors (Lipinski definition) is 0. The van der Waals surface area contributed by atoms with Gasteiger partial charge in [0.2, 0.25) is 0 Å². The molecule has 0 nitrogen and oxygen atoms in total. The van der Waals surface area contributed by atoms with E-state index in [1.807, 2.05) is 0 Å². The van der Waals surface area contributed by atoms with Crippen molar-refractivity contribution in [1.29, 1.82) is 0 Å². The minimum atomic E-state index is -0.0806. The molecule has 0 bridgehead atoms. The minimum Gasteiger partial charge on any atom is -0.0610 e. The summed E-state index contributed by atoms with van der Waals surface area (Å²) in [5, 5.41) is 16.0. The van der Waals surface area contributed by atoms with Crippen LogP contribution in [0.2, 0.25) is 0 Å². The van der Waals surface area contributed by atoms with Crippen molar-refractivity contribution >= 4 is 64.6 Å². The minimum absolute atomic E-state index is 0.0806. The molecule has 0 amide bonds. The first-order valence-electron chi connectivity index (χ1n) is 16.7. The molecule has 0 spiro atoms. The zero-order valence-electron chi connectivity index (χ0n) is 26.4. The molecule has 0 atom stereocenters. The number of fused-ring (bicyclic) bond motifs is 3. The van der Waals surface area contributed by atoms with Crippen molar-refractivity contribution < 1.29 is 0 Å². The highest BCUT2D eigenvalue weighted by atomic mass is 14.4. The van der Waals surface area contributed by atoms with Crippen molar-refractivity contribution in [1.82, 2.24) is 0 Å². The lowest BCUT2D eigenvalue weighted by molar-refractivity contribution is 0.660. The van der Waals surface area contributed by atoms with Crippen LogP contribution in [0.3, 0.4) is 0 Å². The molecule has 47 heavy (non-hydrogen) atoms. The number of rotatable bonds is 2. The van der Waals surface area contributed by atoms with Crippen molar-refractivity contribution in [3.05, 3.63) is 157 Å². The second-order valence-corrected chi connectivity index (χ2v) is 14.2. The Balaban J connectivity index is 1.05. The van der Waals surface area contributed by atoms with Crippen molar-refractivity contribution in [2.24, 2.45) is 0 Å². The summed E-state index contributed by atoms with van der Waals surface area (Å²) in [5.74, 6) is 0. The van der Waals surface area contributed by atoms with Crippen LogP contribution in [-0.2, 0) is 5.41 Å². The van der Waals surface area contributed by atoms with Crippen LogP contribution in [0.5, 0.6) is 0 Å². The average molecular weight is 595 g/mol. The van der Waals surface area contributed by atoms with Gasteiger partial charge in [-0.25, -0.2) is 0 Å². The fraction of sp³-hybridized carbons (Fsp3) is 0.0638. The number of benzene rings is 10. The Bertz CT molecular complexity index is 2790. The molecular weight excluding hydrogens is 565 g/mol. The van der Waals surface area contributed by atoms with E-state index in [1.165, 1.54) is 109 Å². The van der Waals surface area contributed by atoms with Crippen LogP contribution < -0.4 is 0 Å². The Hall–Kier alpha value is -5.72. The Morgan fingerprint density at radius 3 is 1.19 bits per heavy atom. The maximum Gasteiger partial charge on any atom is 0.0159 e. The molecule has 0 aliphatic heterocycles. The molecule has 0 fully saturated rings. The third kappa shape index (κ3) is 3.37. The lowest BCUT2D eigenvalue weighted by Gasteiger charge is -2.22. The molecule has 0 radical (unpaired) electrons. The van der Waals surface area contributed by atoms with E-state index < -0.39 is 0 Å². The highest BCUT2D eigenvalue weighted by Crippen LogP contribution is 2.51. The van der Waals surface area contributed by atoms with Gasteiger partial charge < -0.3 is 0 Å². The average Bonchev–Trinajstić information content (AvgIpc) is 3.34. The molecule has 11 rings (SSSR count). The fourth-order valence-electron chi connectivity index (χ4n) is 8.95. The van der Waals surface area contributed by atoms with Crippen LogP contribution in [0.1, 0.15) is 25.0 Å². The van der Waals surface area contributed by atoms with Gasteiger partial charge in [-0.05, 0) is 146 Å². The SMILES string of the molecule is CC1(C)c2ccc(-c3cc4ccc5cccc6ccc(c3)c4c56)cc2-c2ccc(-c3cc4ccc5cccc6ccc(c3)c4c56)cc21. The van der Waals surface area contributed by atoms with E-state index in [0.717, 1.165) is 0 Å². The first kappa shape index (κ1) is 25.5. The third-order valence-electron chi connectivity index (χ3n) is 11.3. The van der Waals surface area contributed by atoms with Crippen LogP contribution in [0, 0.1) is 0 Å². The topological polar surface area (TPSA) is 0 Å². The summed E-state index contributed by atoms with van der Waals surface area (Å²) < 4.78 is 0. The first-order chi connectivity index (χ1) is 23.0. The summed E-state index contributed by atoms with van der Waals surface area (Å²) in [5.41, 5.74) is 10.5. The normalized spacial score (nSPS) is 13.9. The van der Waals surface area contributed by atoms with E-state index in [2.05, 4.69) is 159 Å².